The van der Waals surface area contributed by atoms with Crippen LogP contribution in [0.4, 0.5) is 0 Å². The summed E-state index contributed by atoms with van der Waals surface area (Å²) in [7, 11) is -1.07. The molecule has 0 aromatic heterocycles. The molecule has 0 fully saturated rings. The van der Waals surface area contributed by atoms with Crippen LogP contribution in [-0.4, -0.2) is 23.2 Å². The van der Waals surface area contributed by atoms with E-state index >= 15 is 0 Å². The second-order valence-electron chi connectivity index (χ2n) is 3.69. The van der Waals surface area contributed by atoms with Crippen molar-refractivity contribution in [3.63, 3.8) is 0 Å². The molecule has 5 heteroatoms. The van der Waals surface area contributed by atoms with Gasteiger partial charge in [-0.2, -0.15) is 0 Å². The van der Waals surface area contributed by atoms with Crippen LogP contribution in [0, 0.1) is 0 Å². The first-order valence-corrected chi connectivity index (χ1v) is 7.09. The maximum atomic E-state index is 11.8. The Morgan fingerprint density at radius 2 is 2.18 bits per heavy atom. The summed E-state index contributed by atoms with van der Waals surface area (Å²) in [5.74, 6) is 2.12. The largest absolute Gasteiger partial charge is 0.486 e. The summed E-state index contributed by atoms with van der Waals surface area (Å²) in [4.78, 5) is 0. The van der Waals surface area contributed by atoms with Gasteiger partial charge in [0.05, 0.1) is 11.5 Å². The maximum Gasteiger partial charge on any atom is 0.165 e. The number of hydrogen-bond donors (Lipinski definition) is 0. The van der Waals surface area contributed by atoms with E-state index in [0.717, 1.165) is 11.3 Å². The van der Waals surface area contributed by atoms with Gasteiger partial charge in [0.1, 0.15) is 13.2 Å². The summed E-state index contributed by atoms with van der Waals surface area (Å²) in [5, 5.41) is 0.408. The minimum atomic E-state index is -1.07. The first-order chi connectivity index (χ1) is 8.16. The van der Waals surface area contributed by atoms with E-state index in [1.165, 1.54) is 0 Å². The molecule has 1 aromatic carbocycles. The van der Waals surface area contributed by atoms with Crippen LogP contribution >= 0.6 is 11.6 Å². The molecule has 1 atom stereocenters. The number of halogens is 1. The molecule has 0 amide bonds. The Hall–Kier alpha value is -1.00. The van der Waals surface area contributed by atoms with Gasteiger partial charge >= 0.3 is 0 Å². The third-order valence-corrected chi connectivity index (χ3v) is 3.88. The fourth-order valence-corrected chi connectivity index (χ4v) is 3.04. The van der Waals surface area contributed by atoms with Crippen LogP contribution in [0.2, 0.25) is 0 Å². The van der Waals surface area contributed by atoms with E-state index < -0.39 is 10.8 Å². The van der Waals surface area contributed by atoms with Gasteiger partial charge in [0.25, 0.3) is 0 Å². The van der Waals surface area contributed by atoms with Gasteiger partial charge in [-0.3, -0.25) is 4.21 Å². The van der Waals surface area contributed by atoms with Crippen LogP contribution in [-0.2, 0) is 16.6 Å². The molecule has 17 heavy (non-hydrogen) atoms. The molecule has 0 bridgehead atoms. The zero-order valence-corrected chi connectivity index (χ0v) is 10.9. The highest BCUT2D eigenvalue weighted by molar-refractivity contribution is 7.84. The van der Waals surface area contributed by atoms with Crippen molar-refractivity contribution in [3.8, 4) is 11.5 Å². The lowest BCUT2D eigenvalue weighted by molar-refractivity contribution is 0.170. The van der Waals surface area contributed by atoms with E-state index in [2.05, 4.69) is 6.58 Å². The van der Waals surface area contributed by atoms with E-state index in [4.69, 9.17) is 21.1 Å². The van der Waals surface area contributed by atoms with Gasteiger partial charge in [0, 0.05) is 21.4 Å². The highest BCUT2D eigenvalue weighted by Gasteiger charge is 2.16. The molecule has 0 aliphatic carbocycles. The Balaban J connectivity index is 2.16. The number of para-hydroxylation sites is 1. The Kier molecular flexibility index (Phi) is 4.07. The lowest BCUT2D eigenvalue weighted by Gasteiger charge is -2.20. The lowest BCUT2D eigenvalue weighted by Crippen LogP contribution is -2.17. The van der Waals surface area contributed by atoms with Crippen LogP contribution in [0.1, 0.15) is 5.56 Å². The fraction of sp³-hybridized carbons (Fsp3) is 0.333. The second kappa shape index (κ2) is 5.56. The summed E-state index contributed by atoms with van der Waals surface area (Å²) in [5.41, 5.74) is 0.887. The van der Waals surface area contributed by atoms with E-state index in [1.807, 2.05) is 18.2 Å². The summed E-state index contributed by atoms with van der Waals surface area (Å²) >= 11 is 5.64. The predicted molar refractivity (Wildman–Crippen MR) is 69.1 cm³/mol. The predicted octanol–water partition coefficient (Wildman–Crippen LogP) is 2.46. The van der Waals surface area contributed by atoms with Gasteiger partial charge in [0.15, 0.2) is 11.5 Å². The molecule has 0 spiro atoms. The summed E-state index contributed by atoms with van der Waals surface area (Å²) in [6.07, 6.45) is 0. The normalized spacial score (nSPS) is 15.4. The zero-order chi connectivity index (χ0) is 12.3. The molecule has 92 valence electrons. The van der Waals surface area contributed by atoms with Crippen LogP contribution < -0.4 is 9.47 Å². The van der Waals surface area contributed by atoms with Gasteiger partial charge in [-0.1, -0.05) is 30.3 Å². The standard InChI is InChI=1S/C12H13ClO3S/c1-9(13)7-17(14)8-10-3-2-4-11-12(10)16-6-5-15-11/h2-4H,1,5-8H2/t17-/m1/s1. The monoisotopic (exact) mass is 272 g/mol. The van der Waals surface area contributed by atoms with Crippen molar-refractivity contribution in [1.82, 2.24) is 0 Å². The minimum absolute atomic E-state index is 0.298. The topological polar surface area (TPSA) is 35.5 Å². The van der Waals surface area contributed by atoms with Crippen molar-refractivity contribution in [3.05, 3.63) is 35.4 Å². The number of fused-ring (bicyclic) bond motifs is 1. The highest BCUT2D eigenvalue weighted by Crippen LogP contribution is 2.34. The molecule has 0 N–H and O–H groups in total. The van der Waals surface area contributed by atoms with Crippen molar-refractivity contribution in [1.29, 1.82) is 0 Å². The van der Waals surface area contributed by atoms with Crippen molar-refractivity contribution in [2.75, 3.05) is 19.0 Å². The minimum Gasteiger partial charge on any atom is -0.486 e. The average Bonchev–Trinajstić information content (AvgIpc) is 2.28. The lowest BCUT2D eigenvalue weighted by atomic mass is 10.2. The number of ether oxygens (including phenoxy) is 2. The third-order valence-electron chi connectivity index (χ3n) is 2.28. The smallest absolute Gasteiger partial charge is 0.165 e. The molecule has 2 rings (SSSR count). The Bertz CT molecular complexity index is 459. The first-order valence-electron chi connectivity index (χ1n) is 5.22. The Morgan fingerprint density at radius 1 is 1.41 bits per heavy atom. The molecule has 1 aromatic rings. The molecule has 0 saturated carbocycles. The zero-order valence-electron chi connectivity index (χ0n) is 9.28. The third kappa shape index (κ3) is 3.23. The molecule has 1 aliphatic rings. The molecule has 0 saturated heterocycles. The first kappa shape index (κ1) is 12.5. The van der Waals surface area contributed by atoms with Gasteiger partial charge in [-0.05, 0) is 6.07 Å². The van der Waals surface area contributed by atoms with E-state index in [9.17, 15) is 4.21 Å². The molecule has 0 radical (unpaired) electrons. The van der Waals surface area contributed by atoms with Crippen LogP contribution in [0.3, 0.4) is 0 Å². The quantitative estimate of drug-likeness (QED) is 0.845. The molecule has 1 heterocycles. The number of rotatable bonds is 4. The Morgan fingerprint density at radius 3 is 2.94 bits per heavy atom. The van der Waals surface area contributed by atoms with E-state index in [0.29, 0.717) is 35.5 Å². The number of benzene rings is 1. The van der Waals surface area contributed by atoms with Gasteiger partial charge < -0.3 is 9.47 Å². The van der Waals surface area contributed by atoms with Crippen molar-refractivity contribution < 1.29 is 13.7 Å². The second-order valence-corrected chi connectivity index (χ2v) is 5.68. The molecule has 3 nitrogen and oxygen atoms in total. The van der Waals surface area contributed by atoms with E-state index in [-0.39, 0.29) is 0 Å². The van der Waals surface area contributed by atoms with Crippen LogP contribution in [0.5, 0.6) is 11.5 Å². The average molecular weight is 273 g/mol. The molecule has 0 unspecified atom stereocenters. The van der Waals surface area contributed by atoms with Crippen LogP contribution in [0.25, 0.3) is 0 Å². The van der Waals surface area contributed by atoms with Crippen molar-refractivity contribution in [2.45, 2.75) is 5.75 Å². The van der Waals surface area contributed by atoms with Gasteiger partial charge in [-0.25, -0.2) is 0 Å². The maximum absolute atomic E-state index is 11.8. The van der Waals surface area contributed by atoms with Gasteiger partial charge in [0.2, 0.25) is 0 Å². The molecule has 1 aliphatic heterocycles. The molecular formula is C12H13ClO3S. The van der Waals surface area contributed by atoms with Gasteiger partial charge in [-0.15, -0.1) is 0 Å². The Labute approximate surface area is 108 Å². The van der Waals surface area contributed by atoms with Crippen LogP contribution in [0.15, 0.2) is 29.8 Å². The fourth-order valence-electron chi connectivity index (χ4n) is 1.65. The summed E-state index contributed by atoms with van der Waals surface area (Å²) in [6, 6.07) is 5.61. The van der Waals surface area contributed by atoms with Crippen molar-refractivity contribution in [2.24, 2.45) is 0 Å². The summed E-state index contributed by atoms with van der Waals surface area (Å²) in [6.45, 7) is 4.62. The van der Waals surface area contributed by atoms with Crippen molar-refractivity contribution >= 4 is 22.4 Å². The van der Waals surface area contributed by atoms with E-state index in [1.54, 1.807) is 0 Å². The SMILES string of the molecule is C=C(Cl)C[S@@](=O)Cc1cccc2c1OCCO2. The highest BCUT2D eigenvalue weighted by atomic mass is 35.5. The summed E-state index contributed by atoms with van der Waals surface area (Å²) < 4.78 is 22.8. The number of hydrogen-bond acceptors (Lipinski definition) is 3. The molecular weight excluding hydrogens is 260 g/mol.